The Morgan fingerprint density at radius 1 is 1.00 bits per heavy atom. The fourth-order valence-electron chi connectivity index (χ4n) is 6.27. The highest BCUT2D eigenvalue weighted by molar-refractivity contribution is 5.85. The molecule has 4 rings (SSSR count). The molecule has 0 amide bonds. The van der Waals surface area contributed by atoms with Crippen LogP contribution in [-0.4, -0.2) is 6.61 Å². The van der Waals surface area contributed by atoms with E-state index in [1.807, 2.05) is 12.1 Å². The highest BCUT2D eigenvalue weighted by atomic mass is 19.1. The summed E-state index contributed by atoms with van der Waals surface area (Å²) in [6, 6.07) is 7.27. The zero-order valence-electron chi connectivity index (χ0n) is 19.6. The van der Waals surface area contributed by atoms with Gasteiger partial charge >= 0.3 is 0 Å². The summed E-state index contributed by atoms with van der Waals surface area (Å²) in [4.78, 5) is 0. The molecule has 0 aliphatic heterocycles. The Kier molecular flexibility index (Phi) is 7.86. The van der Waals surface area contributed by atoms with Crippen molar-refractivity contribution in [2.45, 2.75) is 83.5 Å². The summed E-state index contributed by atoms with van der Waals surface area (Å²) < 4.78 is 34.5. The average molecular weight is 441 g/mol. The molecule has 2 aromatic carbocycles. The minimum absolute atomic E-state index is 0.0850. The van der Waals surface area contributed by atoms with E-state index in [0.717, 1.165) is 17.8 Å². The van der Waals surface area contributed by atoms with Crippen LogP contribution in [0.4, 0.5) is 8.78 Å². The number of hydrogen-bond donors (Lipinski definition) is 0. The van der Waals surface area contributed by atoms with Gasteiger partial charge in [-0.3, -0.25) is 0 Å². The van der Waals surface area contributed by atoms with Crippen LogP contribution in [0.3, 0.4) is 0 Å². The number of ether oxygens (including phenoxy) is 1. The molecule has 3 heteroatoms. The molecular weight excluding hydrogens is 402 g/mol. The smallest absolute Gasteiger partial charge is 0.191 e. The summed E-state index contributed by atoms with van der Waals surface area (Å²) in [6.45, 7) is 5.91. The molecule has 0 saturated heterocycles. The lowest BCUT2D eigenvalue weighted by Crippen LogP contribution is -2.30. The molecule has 2 aliphatic carbocycles. The van der Waals surface area contributed by atoms with E-state index in [1.165, 1.54) is 88.3 Å². The molecular formula is C29H38F2O. The first-order valence-corrected chi connectivity index (χ1v) is 12.8. The van der Waals surface area contributed by atoms with Crippen LogP contribution < -0.4 is 4.74 Å². The van der Waals surface area contributed by atoms with Crippen molar-refractivity contribution in [1.29, 1.82) is 0 Å². The maximum Gasteiger partial charge on any atom is 0.191 e. The van der Waals surface area contributed by atoms with E-state index in [1.54, 1.807) is 6.07 Å². The maximum atomic E-state index is 14.8. The molecule has 0 N–H and O–H groups in total. The number of unbranched alkanes of at least 4 members (excludes halogenated alkanes) is 3. The summed E-state index contributed by atoms with van der Waals surface area (Å²) >= 11 is 0. The van der Waals surface area contributed by atoms with Gasteiger partial charge in [-0.2, -0.15) is 0 Å². The Hall–Kier alpha value is -1.90. The van der Waals surface area contributed by atoms with Gasteiger partial charge in [-0.15, -0.1) is 0 Å². The van der Waals surface area contributed by atoms with Crippen molar-refractivity contribution in [3.05, 3.63) is 54.1 Å². The number of fused-ring (bicyclic) bond motifs is 2. The third-order valence-electron chi connectivity index (χ3n) is 8.02. The highest BCUT2D eigenvalue weighted by Gasteiger charge is 2.35. The van der Waals surface area contributed by atoms with Crippen molar-refractivity contribution in [2.24, 2.45) is 17.8 Å². The first kappa shape index (κ1) is 23.3. The molecule has 0 bridgehead atoms. The van der Waals surface area contributed by atoms with Crippen molar-refractivity contribution in [2.75, 3.05) is 6.61 Å². The molecule has 2 fully saturated rings. The van der Waals surface area contributed by atoms with Crippen LogP contribution in [-0.2, 0) is 0 Å². The molecule has 0 spiro atoms. The summed E-state index contributed by atoms with van der Waals surface area (Å²) in [5.74, 6) is 1.58. The van der Waals surface area contributed by atoms with Gasteiger partial charge in [0.25, 0.3) is 0 Å². The van der Waals surface area contributed by atoms with Gasteiger partial charge in [-0.1, -0.05) is 76.3 Å². The number of rotatable bonds is 9. The molecule has 174 valence electrons. The normalized spacial score (nSPS) is 25.5. The lowest BCUT2D eigenvalue weighted by Gasteiger charge is -2.42. The summed E-state index contributed by atoms with van der Waals surface area (Å²) in [6.07, 6.45) is 16.3. The van der Waals surface area contributed by atoms with Crippen molar-refractivity contribution in [3.63, 3.8) is 0 Å². The van der Waals surface area contributed by atoms with E-state index in [-0.39, 0.29) is 12.4 Å². The fourth-order valence-corrected chi connectivity index (χ4v) is 6.27. The molecule has 0 radical (unpaired) electrons. The van der Waals surface area contributed by atoms with Crippen molar-refractivity contribution < 1.29 is 13.5 Å². The molecule has 0 heterocycles. The minimum atomic E-state index is -0.644. The zero-order chi connectivity index (χ0) is 22.5. The SMILES string of the molecule is C=CCOc1c(F)cc2cc(C3CCC4CC(CCCCCC)CCC4C3)ccc2c1F. The van der Waals surface area contributed by atoms with Gasteiger partial charge in [-0.05, 0) is 72.8 Å². The van der Waals surface area contributed by atoms with E-state index in [0.29, 0.717) is 16.7 Å². The summed E-state index contributed by atoms with van der Waals surface area (Å²) in [7, 11) is 0. The van der Waals surface area contributed by atoms with Gasteiger partial charge in [0, 0.05) is 5.39 Å². The van der Waals surface area contributed by atoms with Crippen LogP contribution in [0.5, 0.6) is 5.75 Å². The predicted octanol–water partition coefficient (Wildman–Crippen LogP) is 8.95. The van der Waals surface area contributed by atoms with Gasteiger partial charge in [0.15, 0.2) is 17.4 Å². The van der Waals surface area contributed by atoms with E-state index in [4.69, 9.17) is 4.74 Å². The predicted molar refractivity (Wildman–Crippen MR) is 129 cm³/mol. The van der Waals surface area contributed by atoms with E-state index >= 15 is 0 Å². The zero-order valence-corrected chi connectivity index (χ0v) is 19.6. The summed E-state index contributed by atoms with van der Waals surface area (Å²) in [5.41, 5.74) is 1.23. The van der Waals surface area contributed by atoms with E-state index in [9.17, 15) is 8.78 Å². The van der Waals surface area contributed by atoms with Gasteiger partial charge in [0.05, 0.1) is 0 Å². The second kappa shape index (κ2) is 10.8. The number of benzene rings is 2. The molecule has 32 heavy (non-hydrogen) atoms. The first-order chi connectivity index (χ1) is 15.6. The van der Waals surface area contributed by atoms with Crippen molar-refractivity contribution in [1.82, 2.24) is 0 Å². The van der Waals surface area contributed by atoms with Crippen LogP contribution in [0.1, 0.15) is 89.0 Å². The quantitative estimate of drug-likeness (QED) is 0.279. The third kappa shape index (κ3) is 5.18. The molecule has 2 aromatic rings. The first-order valence-electron chi connectivity index (χ1n) is 12.8. The highest BCUT2D eigenvalue weighted by Crippen LogP contribution is 2.48. The summed E-state index contributed by atoms with van der Waals surface area (Å²) in [5, 5.41) is 1.05. The minimum Gasteiger partial charge on any atom is -0.483 e. The van der Waals surface area contributed by atoms with Gasteiger partial charge < -0.3 is 4.74 Å². The van der Waals surface area contributed by atoms with Crippen molar-refractivity contribution >= 4 is 10.8 Å². The number of hydrogen-bond acceptors (Lipinski definition) is 1. The Labute approximate surface area is 192 Å². The Balaban J connectivity index is 1.41. The van der Waals surface area contributed by atoms with Crippen LogP contribution in [0.15, 0.2) is 36.9 Å². The van der Waals surface area contributed by atoms with Crippen LogP contribution in [0.2, 0.25) is 0 Å². The lowest BCUT2D eigenvalue weighted by molar-refractivity contribution is 0.113. The maximum absolute atomic E-state index is 14.8. The second-order valence-corrected chi connectivity index (χ2v) is 10.1. The molecule has 2 saturated carbocycles. The molecule has 0 aromatic heterocycles. The Morgan fingerprint density at radius 3 is 2.62 bits per heavy atom. The Bertz CT molecular complexity index is 921. The van der Waals surface area contributed by atoms with Crippen LogP contribution in [0.25, 0.3) is 10.8 Å². The van der Waals surface area contributed by atoms with E-state index in [2.05, 4.69) is 13.5 Å². The lowest BCUT2D eigenvalue weighted by atomic mass is 9.63. The van der Waals surface area contributed by atoms with Gasteiger partial charge in [0.2, 0.25) is 0 Å². The van der Waals surface area contributed by atoms with Gasteiger partial charge in [0.1, 0.15) is 6.61 Å². The fraction of sp³-hybridized carbons (Fsp3) is 0.586. The molecule has 4 atom stereocenters. The van der Waals surface area contributed by atoms with Crippen LogP contribution >= 0.6 is 0 Å². The molecule has 2 aliphatic rings. The second-order valence-electron chi connectivity index (χ2n) is 10.1. The largest absolute Gasteiger partial charge is 0.483 e. The average Bonchev–Trinajstić information content (AvgIpc) is 2.81. The number of halogens is 2. The molecule has 4 unspecified atom stereocenters. The van der Waals surface area contributed by atoms with Crippen LogP contribution in [0, 0.1) is 29.4 Å². The monoisotopic (exact) mass is 440 g/mol. The van der Waals surface area contributed by atoms with E-state index < -0.39 is 11.6 Å². The van der Waals surface area contributed by atoms with Crippen molar-refractivity contribution in [3.8, 4) is 5.75 Å². The third-order valence-corrected chi connectivity index (χ3v) is 8.02. The topological polar surface area (TPSA) is 9.23 Å². The van der Waals surface area contributed by atoms with Gasteiger partial charge in [-0.25, -0.2) is 8.78 Å². The molecule has 1 nitrogen and oxygen atoms in total. The Morgan fingerprint density at radius 2 is 1.81 bits per heavy atom. The standard InChI is InChI=1S/C29H38F2O/c1-3-5-6-7-8-20-9-10-22-17-23(12-11-21(22)16-20)24-13-14-26-25(18-24)19-27(30)29(28(26)31)32-15-4-2/h4,13-14,18-23H,2-3,5-12,15-17H2,1H3.